The second-order valence-electron chi connectivity index (χ2n) is 6.82. The van der Waals surface area contributed by atoms with Crippen molar-refractivity contribution in [1.29, 1.82) is 0 Å². The highest BCUT2D eigenvalue weighted by molar-refractivity contribution is 7.98. The van der Waals surface area contributed by atoms with Crippen LogP contribution in [0.2, 0.25) is 0 Å². The Morgan fingerprint density at radius 2 is 2.12 bits per heavy atom. The van der Waals surface area contributed by atoms with Crippen molar-refractivity contribution >= 4 is 29.0 Å². The molecule has 1 amide bonds. The molecule has 0 unspecified atom stereocenters. The number of unbranched alkanes of at least 4 members (excludes halogenated alkanes) is 1. The molecule has 8 nitrogen and oxygen atoms in total. The molecule has 1 aromatic carbocycles. The Kier molecular flexibility index (Phi) is 7.23. The van der Waals surface area contributed by atoms with E-state index in [0.717, 1.165) is 23.5 Å². The first-order chi connectivity index (χ1) is 15.7. The fraction of sp³-hybridized carbons (Fsp3) is 0.273. The molecule has 1 N–H and O–H groups in total. The zero-order valence-electron chi connectivity index (χ0n) is 17.8. The SMILES string of the molecule is CCCCNC(=O)c1csc(CSc2nnc(-c3ccco3)n2-c2ccccc2OC)n1. The summed E-state index contributed by atoms with van der Waals surface area (Å²) in [6.45, 7) is 2.75. The molecule has 0 fully saturated rings. The molecule has 32 heavy (non-hydrogen) atoms. The summed E-state index contributed by atoms with van der Waals surface area (Å²) in [5, 5.41) is 14.9. The van der Waals surface area contributed by atoms with Gasteiger partial charge in [0.25, 0.3) is 5.91 Å². The first kappa shape index (κ1) is 22.1. The molecular weight excluding hydrogens is 446 g/mol. The number of nitrogens with zero attached hydrogens (tertiary/aromatic N) is 4. The van der Waals surface area contributed by atoms with E-state index in [4.69, 9.17) is 9.15 Å². The predicted octanol–water partition coefficient (Wildman–Crippen LogP) is 4.81. The van der Waals surface area contributed by atoms with E-state index in [1.54, 1.807) is 18.8 Å². The van der Waals surface area contributed by atoms with Crippen molar-refractivity contribution in [2.24, 2.45) is 0 Å². The van der Waals surface area contributed by atoms with Crippen molar-refractivity contribution < 1.29 is 13.9 Å². The smallest absolute Gasteiger partial charge is 0.270 e. The molecule has 4 aromatic rings. The number of thioether (sulfide) groups is 1. The van der Waals surface area contributed by atoms with E-state index in [2.05, 4.69) is 27.4 Å². The summed E-state index contributed by atoms with van der Waals surface area (Å²) in [5.41, 5.74) is 1.26. The fourth-order valence-electron chi connectivity index (χ4n) is 3.04. The van der Waals surface area contributed by atoms with Crippen molar-refractivity contribution in [2.75, 3.05) is 13.7 Å². The van der Waals surface area contributed by atoms with Gasteiger partial charge in [-0.15, -0.1) is 21.5 Å². The number of aromatic nitrogens is 4. The number of nitrogens with one attached hydrogen (secondary N) is 1. The topological polar surface area (TPSA) is 95.1 Å². The van der Waals surface area contributed by atoms with Crippen LogP contribution in [0.15, 0.2) is 57.6 Å². The van der Waals surface area contributed by atoms with Crippen molar-refractivity contribution in [3.63, 3.8) is 0 Å². The lowest BCUT2D eigenvalue weighted by molar-refractivity contribution is 0.0948. The molecule has 10 heteroatoms. The van der Waals surface area contributed by atoms with E-state index in [9.17, 15) is 4.79 Å². The number of carbonyl (C=O) groups excluding carboxylic acids is 1. The highest BCUT2D eigenvalue weighted by atomic mass is 32.2. The average Bonchev–Trinajstić information content (AvgIpc) is 3.58. The van der Waals surface area contributed by atoms with Gasteiger partial charge in [0.15, 0.2) is 10.9 Å². The van der Waals surface area contributed by atoms with Crippen LogP contribution in [0.4, 0.5) is 0 Å². The largest absolute Gasteiger partial charge is 0.495 e. The molecule has 0 atom stereocenters. The summed E-state index contributed by atoms with van der Waals surface area (Å²) in [7, 11) is 1.63. The number of carbonyl (C=O) groups is 1. The Morgan fingerprint density at radius 1 is 1.25 bits per heavy atom. The Labute approximate surface area is 194 Å². The Balaban J connectivity index is 1.57. The number of thiazole rings is 1. The van der Waals surface area contributed by atoms with Crippen LogP contribution in [0.3, 0.4) is 0 Å². The van der Waals surface area contributed by atoms with Gasteiger partial charge in [-0.05, 0) is 30.7 Å². The molecule has 3 aromatic heterocycles. The average molecular weight is 470 g/mol. The monoisotopic (exact) mass is 469 g/mol. The number of amides is 1. The van der Waals surface area contributed by atoms with Crippen molar-refractivity contribution in [1.82, 2.24) is 25.1 Å². The number of benzene rings is 1. The van der Waals surface area contributed by atoms with Crippen LogP contribution in [0, 0.1) is 0 Å². The summed E-state index contributed by atoms with van der Waals surface area (Å²) in [5.74, 6) is 2.30. The first-order valence-electron chi connectivity index (χ1n) is 10.2. The lowest BCUT2D eigenvalue weighted by Gasteiger charge is -2.12. The van der Waals surface area contributed by atoms with Gasteiger partial charge in [0, 0.05) is 11.9 Å². The van der Waals surface area contributed by atoms with Gasteiger partial charge in [-0.2, -0.15) is 0 Å². The number of methoxy groups -OCH3 is 1. The molecule has 0 saturated heterocycles. The Bertz CT molecular complexity index is 1170. The van der Waals surface area contributed by atoms with Crippen LogP contribution in [-0.2, 0) is 5.75 Å². The van der Waals surface area contributed by atoms with Gasteiger partial charge in [0.05, 0.1) is 24.8 Å². The fourth-order valence-corrected chi connectivity index (χ4v) is 4.77. The molecule has 0 bridgehead atoms. The Morgan fingerprint density at radius 3 is 2.91 bits per heavy atom. The van der Waals surface area contributed by atoms with Gasteiger partial charge < -0.3 is 14.5 Å². The maximum Gasteiger partial charge on any atom is 0.270 e. The van der Waals surface area contributed by atoms with E-state index >= 15 is 0 Å². The third-order valence-electron chi connectivity index (χ3n) is 4.63. The maximum atomic E-state index is 12.2. The molecule has 0 aliphatic carbocycles. The molecule has 3 heterocycles. The minimum atomic E-state index is -0.136. The van der Waals surface area contributed by atoms with E-state index < -0.39 is 0 Å². The van der Waals surface area contributed by atoms with E-state index in [1.807, 2.05) is 41.0 Å². The lowest BCUT2D eigenvalue weighted by Crippen LogP contribution is -2.24. The van der Waals surface area contributed by atoms with Gasteiger partial charge in [0.1, 0.15) is 16.5 Å². The summed E-state index contributed by atoms with van der Waals surface area (Å²) in [6, 6.07) is 11.3. The van der Waals surface area contributed by atoms with Crippen LogP contribution in [0.1, 0.15) is 35.3 Å². The van der Waals surface area contributed by atoms with Crippen LogP contribution < -0.4 is 10.1 Å². The minimum Gasteiger partial charge on any atom is -0.495 e. The van der Waals surface area contributed by atoms with Crippen molar-refractivity contribution in [3.05, 3.63) is 58.7 Å². The van der Waals surface area contributed by atoms with Crippen LogP contribution in [0.25, 0.3) is 17.3 Å². The van der Waals surface area contributed by atoms with Crippen molar-refractivity contribution in [2.45, 2.75) is 30.7 Å². The molecule has 166 valence electrons. The highest BCUT2D eigenvalue weighted by Gasteiger charge is 2.21. The van der Waals surface area contributed by atoms with Gasteiger partial charge in [0.2, 0.25) is 5.82 Å². The number of ether oxygens (including phenoxy) is 1. The van der Waals surface area contributed by atoms with Gasteiger partial charge >= 0.3 is 0 Å². The number of rotatable bonds is 10. The molecular formula is C22H23N5O3S2. The normalized spacial score (nSPS) is 10.9. The standard InChI is InChI=1S/C22H23N5O3S2/c1-3-4-11-23-21(28)15-13-31-19(24-15)14-32-22-26-25-20(18-10-7-12-30-18)27(22)16-8-5-6-9-17(16)29-2/h5-10,12-13H,3-4,11,14H2,1-2H3,(H,23,28). The van der Waals surface area contributed by atoms with E-state index in [1.165, 1.54) is 23.1 Å². The van der Waals surface area contributed by atoms with Crippen LogP contribution in [0.5, 0.6) is 5.75 Å². The number of para-hydroxylation sites is 2. The van der Waals surface area contributed by atoms with Gasteiger partial charge in [-0.1, -0.05) is 37.2 Å². The van der Waals surface area contributed by atoms with Gasteiger partial charge in [-0.3, -0.25) is 9.36 Å². The molecule has 0 spiro atoms. The Hall–Kier alpha value is -3.11. The molecule has 0 radical (unpaired) electrons. The second kappa shape index (κ2) is 10.5. The van der Waals surface area contributed by atoms with Crippen LogP contribution in [-0.4, -0.2) is 39.3 Å². The van der Waals surface area contributed by atoms with Crippen LogP contribution >= 0.6 is 23.1 Å². The first-order valence-corrected chi connectivity index (χ1v) is 12.1. The number of furan rings is 1. The number of hydrogen-bond acceptors (Lipinski definition) is 8. The minimum absolute atomic E-state index is 0.136. The predicted molar refractivity (Wildman–Crippen MR) is 125 cm³/mol. The van der Waals surface area contributed by atoms with Gasteiger partial charge in [-0.25, -0.2) is 4.98 Å². The zero-order valence-corrected chi connectivity index (χ0v) is 19.4. The summed E-state index contributed by atoms with van der Waals surface area (Å²) in [6.07, 6.45) is 3.59. The zero-order chi connectivity index (χ0) is 22.3. The summed E-state index contributed by atoms with van der Waals surface area (Å²) < 4.78 is 13.0. The quantitative estimate of drug-likeness (QED) is 0.263. The molecule has 4 rings (SSSR count). The summed E-state index contributed by atoms with van der Waals surface area (Å²) >= 11 is 2.94. The molecule has 0 aliphatic heterocycles. The van der Waals surface area contributed by atoms with Crippen molar-refractivity contribution in [3.8, 4) is 23.0 Å². The maximum absolute atomic E-state index is 12.2. The third kappa shape index (κ3) is 4.86. The number of hydrogen-bond donors (Lipinski definition) is 1. The summed E-state index contributed by atoms with van der Waals surface area (Å²) in [4.78, 5) is 16.7. The van der Waals surface area contributed by atoms with E-state index in [0.29, 0.717) is 40.5 Å². The third-order valence-corrected chi connectivity index (χ3v) is 6.60. The molecule has 0 aliphatic rings. The lowest BCUT2D eigenvalue weighted by atomic mass is 10.3. The van der Waals surface area contributed by atoms with E-state index in [-0.39, 0.29) is 5.91 Å². The molecule has 0 saturated carbocycles. The highest BCUT2D eigenvalue weighted by Crippen LogP contribution is 2.34. The second-order valence-corrected chi connectivity index (χ2v) is 8.70.